The Morgan fingerprint density at radius 2 is 1.53 bits per heavy atom. The van der Waals surface area contributed by atoms with Crippen LogP contribution in [0.25, 0.3) is 0 Å². The molecule has 0 amide bonds. The van der Waals surface area contributed by atoms with Gasteiger partial charge in [0, 0.05) is 0 Å². The molecule has 4 rings (SSSR count). The Labute approximate surface area is 188 Å². The first kappa shape index (κ1) is 23.1. The molecule has 4 fully saturated rings. The quantitative estimate of drug-likeness (QED) is 0.463. The smallest absolute Gasteiger partial charge is 0.0543 e. The van der Waals surface area contributed by atoms with Gasteiger partial charge >= 0.3 is 0 Å². The van der Waals surface area contributed by atoms with E-state index in [4.69, 9.17) is 0 Å². The second-order valence-corrected chi connectivity index (χ2v) is 13.3. The molecule has 4 aliphatic rings. The van der Waals surface area contributed by atoms with Gasteiger partial charge in [-0.15, -0.1) is 0 Å². The average molecular weight is 417 g/mol. The van der Waals surface area contributed by atoms with Crippen molar-refractivity contribution >= 4 is 0 Å². The number of fused-ring (bicyclic) bond motifs is 5. The molecule has 0 aromatic heterocycles. The van der Waals surface area contributed by atoms with E-state index in [1.807, 2.05) is 0 Å². The minimum Gasteiger partial charge on any atom is -0.393 e. The van der Waals surface area contributed by atoms with Crippen molar-refractivity contribution in [3.63, 3.8) is 0 Å². The molecule has 4 saturated carbocycles. The second-order valence-electron chi connectivity index (χ2n) is 13.3. The van der Waals surface area contributed by atoms with E-state index in [0.717, 1.165) is 60.2 Å². The molecule has 4 aliphatic carbocycles. The Hall–Kier alpha value is -0.0400. The number of aliphatic hydroxyl groups excluding tert-OH is 1. The summed E-state index contributed by atoms with van der Waals surface area (Å²) in [5.74, 6) is 7.34. The molecule has 0 spiro atoms. The molecular formula is C29H52O. The zero-order chi connectivity index (χ0) is 21.7. The third kappa shape index (κ3) is 3.82. The molecule has 1 nitrogen and oxygen atoms in total. The van der Waals surface area contributed by atoms with Crippen molar-refractivity contribution in [1.82, 2.24) is 0 Å². The van der Waals surface area contributed by atoms with E-state index in [1.165, 1.54) is 64.2 Å². The van der Waals surface area contributed by atoms with Crippen molar-refractivity contribution in [2.75, 3.05) is 0 Å². The largest absolute Gasteiger partial charge is 0.393 e. The summed E-state index contributed by atoms with van der Waals surface area (Å²) in [6.07, 6.45) is 16.5. The summed E-state index contributed by atoms with van der Waals surface area (Å²) < 4.78 is 0. The van der Waals surface area contributed by atoms with Crippen LogP contribution in [0.2, 0.25) is 0 Å². The normalized spacial score (nSPS) is 48.0. The summed E-state index contributed by atoms with van der Waals surface area (Å²) in [4.78, 5) is 0. The van der Waals surface area contributed by atoms with Crippen LogP contribution in [-0.2, 0) is 0 Å². The molecule has 0 heterocycles. The Bertz CT molecular complexity index is 583. The third-order valence-electron chi connectivity index (χ3n) is 11.9. The molecule has 0 bridgehead atoms. The summed E-state index contributed by atoms with van der Waals surface area (Å²) >= 11 is 0. The van der Waals surface area contributed by atoms with E-state index < -0.39 is 0 Å². The molecule has 0 unspecified atom stereocenters. The molecule has 0 aliphatic heterocycles. The Morgan fingerprint density at radius 3 is 2.23 bits per heavy atom. The van der Waals surface area contributed by atoms with E-state index in [-0.39, 0.29) is 6.10 Å². The van der Waals surface area contributed by atoms with E-state index >= 15 is 0 Å². The molecule has 10 atom stereocenters. The van der Waals surface area contributed by atoms with Crippen molar-refractivity contribution < 1.29 is 5.11 Å². The van der Waals surface area contributed by atoms with Crippen LogP contribution in [0, 0.1) is 58.2 Å². The first-order chi connectivity index (χ1) is 14.2. The average Bonchev–Trinajstić information content (AvgIpc) is 3.06. The Morgan fingerprint density at radius 1 is 0.833 bits per heavy atom. The standard InChI is InChI=1S/C29H52O/c1-7-21(19(2)3)9-8-20(4)25-12-13-26-24-11-10-22-18-23(30)14-16-28(22,5)27(24)15-17-29(25,26)6/h19-27,30H,7-18H2,1-6H3/t20-,21+,22-,23+,24-,25-,26+,27+,28-,29+/m0/s1. The summed E-state index contributed by atoms with van der Waals surface area (Å²) in [7, 11) is 0. The van der Waals surface area contributed by atoms with Gasteiger partial charge in [-0.2, -0.15) is 0 Å². The minimum absolute atomic E-state index is 0.0111. The van der Waals surface area contributed by atoms with Gasteiger partial charge in [-0.1, -0.05) is 54.4 Å². The van der Waals surface area contributed by atoms with Crippen LogP contribution in [0.1, 0.15) is 119 Å². The van der Waals surface area contributed by atoms with Gasteiger partial charge in [0.05, 0.1) is 6.10 Å². The summed E-state index contributed by atoms with van der Waals surface area (Å²) in [5.41, 5.74) is 1.14. The fourth-order valence-corrected chi connectivity index (χ4v) is 9.90. The maximum Gasteiger partial charge on any atom is 0.0543 e. The number of hydrogen-bond acceptors (Lipinski definition) is 1. The molecule has 174 valence electrons. The zero-order valence-corrected chi connectivity index (χ0v) is 21.1. The lowest BCUT2D eigenvalue weighted by Crippen LogP contribution is -2.54. The van der Waals surface area contributed by atoms with Gasteiger partial charge in [0.15, 0.2) is 0 Å². The highest BCUT2D eigenvalue weighted by Gasteiger charge is 2.60. The SMILES string of the molecule is CC[C@H](CC[C@H](C)[C@@H]1CC[C@@H]2[C@@H]3CC[C@H]4C[C@H](O)CC[C@]4(C)[C@@H]3CC[C@@]21C)C(C)C. The van der Waals surface area contributed by atoms with Gasteiger partial charge in [0.1, 0.15) is 0 Å². The van der Waals surface area contributed by atoms with Crippen LogP contribution < -0.4 is 0 Å². The van der Waals surface area contributed by atoms with E-state index in [0.29, 0.717) is 10.8 Å². The van der Waals surface area contributed by atoms with Gasteiger partial charge in [0.25, 0.3) is 0 Å². The lowest BCUT2D eigenvalue weighted by atomic mass is 9.44. The van der Waals surface area contributed by atoms with Gasteiger partial charge < -0.3 is 5.11 Å². The molecule has 0 aromatic rings. The molecular weight excluding hydrogens is 364 g/mol. The van der Waals surface area contributed by atoms with Crippen LogP contribution >= 0.6 is 0 Å². The monoisotopic (exact) mass is 416 g/mol. The van der Waals surface area contributed by atoms with E-state index in [2.05, 4.69) is 41.5 Å². The maximum atomic E-state index is 10.3. The summed E-state index contributed by atoms with van der Waals surface area (Å²) in [6.45, 7) is 15.2. The maximum absolute atomic E-state index is 10.3. The minimum atomic E-state index is -0.0111. The number of rotatable bonds is 6. The number of hydrogen-bond donors (Lipinski definition) is 1. The van der Waals surface area contributed by atoms with Crippen molar-refractivity contribution in [2.45, 2.75) is 125 Å². The molecule has 0 radical (unpaired) electrons. The van der Waals surface area contributed by atoms with Crippen molar-refractivity contribution in [3.8, 4) is 0 Å². The predicted octanol–water partition coefficient (Wildman–Crippen LogP) is 8.10. The van der Waals surface area contributed by atoms with Crippen LogP contribution in [-0.4, -0.2) is 11.2 Å². The zero-order valence-electron chi connectivity index (χ0n) is 21.1. The predicted molar refractivity (Wildman–Crippen MR) is 128 cm³/mol. The fourth-order valence-electron chi connectivity index (χ4n) is 9.90. The molecule has 0 aromatic carbocycles. The Kier molecular flexibility index (Phi) is 6.72. The summed E-state index contributed by atoms with van der Waals surface area (Å²) in [5, 5.41) is 10.3. The highest BCUT2D eigenvalue weighted by atomic mass is 16.3. The molecule has 0 saturated heterocycles. The lowest BCUT2D eigenvalue weighted by molar-refractivity contribution is -0.129. The molecule has 1 heteroatoms. The van der Waals surface area contributed by atoms with Gasteiger partial charge in [-0.25, -0.2) is 0 Å². The van der Waals surface area contributed by atoms with Gasteiger partial charge in [-0.05, 0) is 122 Å². The third-order valence-corrected chi connectivity index (χ3v) is 11.9. The lowest BCUT2D eigenvalue weighted by Gasteiger charge is -2.61. The van der Waals surface area contributed by atoms with Crippen LogP contribution in [0.15, 0.2) is 0 Å². The second kappa shape index (κ2) is 8.72. The van der Waals surface area contributed by atoms with Crippen LogP contribution in [0.4, 0.5) is 0 Å². The first-order valence-electron chi connectivity index (χ1n) is 13.9. The van der Waals surface area contributed by atoms with Gasteiger partial charge in [-0.3, -0.25) is 0 Å². The van der Waals surface area contributed by atoms with Crippen molar-refractivity contribution in [1.29, 1.82) is 0 Å². The van der Waals surface area contributed by atoms with Crippen molar-refractivity contribution in [3.05, 3.63) is 0 Å². The summed E-state index contributed by atoms with van der Waals surface area (Å²) in [6, 6.07) is 0. The topological polar surface area (TPSA) is 20.2 Å². The van der Waals surface area contributed by atoms with E-state index in [9.17, 15) is 5.11 Å². The van der Waals surface area contributed by atoms with Crippen LogP contribution in [0.3, 0.4) is 0 Å². The van der Waals surface area contributed by atoms with Crippen LogP contribution in [0.5, 0.6) is 0 Å². The first-order valence-corrected chi connectivity index (χ1v) is 13.9. The highest BCUT2D eigenvalue weighted by molar-refractivity contribution is 5.09. The fraction of sp³-hybridized carbons (Fsp3) is 1.00. The van der Waals surface area contributed by atoms with Crippen molar-refractivity contribution in [2.24, 2.45) is 58.2 Å². The number of aliphatic hydroxyl groups is 1. The van der Waals surface area contributed by atoms with Gasteiger partial charge in [0.2, 0.25) is 0 Å². The molecule has 30 heavy (non-hydrogen) atoms. The Balaban J connectivity index is 1.45. The van der Waals surface area contributed by atoms with E-state index in [1.54, 1.807) is 0 Å². The highest BCUT2D eigenvalue weighted by Crippen LogP contribution is 2.68. The molecule has 1 N–H and O–H groups in total.